The van der Waals surface area contributed by atoms with Gasteiger partial charge < -0.3 is 9.97 Å². The van der Waals surface area contributed by atoms with Crippen LogP contribution in [0, 0.1) is 0 Å². The van der Waals surface area contributed by atoms with Crippen LogP contribution in [-0.4, -0.2) is 15.1 Å². The average molecular weight is 368 g/mol. The highest BCUT2D eigenvalue weighted by atomic mass is 32.2. The minimum absolute atomic E-state index is 0.0834. The third-order valence-corrected chi connectivity index (χ3v) is 6.86. The maximum Gasteiger partial charge on any atom is 0.201 e. The molecule has 2 bridgehead atoms. The molecule has 0 spiro atoms. The summed E-state index contributed by atoms with van der Waals surface area (Å²) in [5.74, 6) is -0.169. The van der Waals surface area contributed by atoms with Crippen LogP contribution in [0.5, 0.6) is 0 Å². The Morgan fingerprint density at radius 2 is 1.33 bits per heavy atom. The molecule has 0 saturated heterocycles. The van der Waals surface area contributed by atoms with Crippen molar-refractivity contribution in [2.24, 2.45) is 0 Å². The van der Waals surface area contributed by atoms with E-state index in [-0.39, 0.29) is 16.3 Å². The fourth-order valence-corrected chi connectivity index (χ4v) is 5.68. The van der Waals surface area contributed by atoms with E-state index < -0.39 is 0 Å². The van der Waals surface area contributed by atoms with Crippen LogP contribution in [0.2, 0.25) is 0 Å². The van der Waals surface area contributed by atoms with E-state index >= 15 is 0 Å². The van der Waals surface area contributed by atoms with Gasteiger partial charge in [-0.1, -0.05) is 36.0 Å². The van der Waals surface area contributed by atoms with Crippen molar-refractivity contribution in [1.82, 2.24) is 9.97 Å². The number of carbonyl (C=O) groups is 1. The number of nitrogens with one attached hydrogen (secondary N) is 2. The molecule has 0 amide bonds. The number of hydrogen-bond donors (Lipinski definition) is 2. The van der Waals surface area contributed by atoms with E-state index in [1.165, 1.54) is 28.5 Å². The third-order valence-electron chi connectivity index (χ3n) is 5.65. The second kappa shape index (κ2) is 5.51. The third kappa shape index (κ3) is 2.14. The monoisotopic (exact) mass is 368 g/mol. The van der Waals surface area contributed by atoms with Gasteiger partial charge in [-0.25, -0.2) is 0 Å². The normalized spacial score (nSPS) is 19.8. The van der Waals surface area contributed by atoms with Crippen molar-refractivity contribution in [3.05, 3.63) is 95.3 Å². The number of fused-ring (bicyclic) bond motifs is 1. The minimum Gasteiger partial charge on any atom is -0.361 e. The van der Waals surface area contributed by atoms with E-state index in [4.69, 9.17) is 0 Å². The van der Waals surface area contributed by atoms with Gasteiger partial charge >= 0.3 is 0 Å². The summed E-state index contributed by atoms with van der Waals surface area (Å²) in [6.07, 6.45) is 3.87. The maximum absolute atomic E-state index is 12.8. The lowest BCUT2D eigenvalue weighted by Gasteiger charge is -2.39. The van der Waals surface area contributed by atoms with E-state index in [0.29, 0.717) is 0 Å². The molecule has 7 rings (SSSR count). The summed E-state index contributed by atoms with van der Waals surface area (Å²) < 4.78 is 0. The topological polar surface area (TPSA) is 48.6 Å². The van der Waals surface area contributed by atoms with Crippen molar-refractivity contribution >= 4 is 16.9 Å². The first kappa shape index (κ1) is 15.1. The summed E-state index contributed by atoms with van der Waals surface area (Å²) >= 11 is 1.47. The van der Waals surface area contributed by atoms with Gasteiger partial charge in [0, 0.05) is 23.8 Å². The Hall–Kier alpha value is -2.98. The number of rotatable bonds is 2. The second-order valence-corrected chi connectivity index (χ2v) is 8.21. The number of carbonyl (C=O) groups excluding carboxylic acids is 1. The minimum atomic E-state index is -0.169. The van der Waals surface area contributed by atoms with Crippen LogP contribution in [0.1, 0.15) is 33.4 Å². The van der Waals surface area contributed by atoms with Gasteiger partial charge in [0.1, 0.15) is 0 Å². The van der Waals surface area contributed by atoms with Crippen molar-refractivity contribution in [3.63, 3.8) is 0 Å². The Kier molecular flexibility index (Phi) is 3.08. The highest BCUT2D eigenvalue weighted by molar-refractivity contribution is 8.14. The van der Waals surface area contributed by atoms with Gasteiger partial charge in [-0.3, -0.25) is 4.79 Å². The van der Waals surface area contributed by atoms with Crippen molar-refractivity contribution in [2.45, 2.75) is 11.2 Å². The summed E-state index contributed by atoms with van der Waals surface area (Å²) in [4.78, 5) is 19.4. The molecule has 27 heavy (non-hydrogen) atoms. The van der Waals surface area contributed by atoms with Crippen molar-refractivity contribution in [1.29, 1.82) is 0 Å². The molecule has 4 heteroatoms. The SMILES string of the molecule is O=C1SC2c3cc(-c4ccc[nH]4)ccc3C1c1cc(-c3ccc[nH]3)ccc12. The predicted octanol–water partition coefficient (Wildman–Crippen LogP) is 5.48. The molecule has 2 unspecified atom stereocenters. The largest absolute Gasteiger partial charge is 0.361 e. The van der Waals surface area contributed by atoms with Crippen molar-refractivity contribution in [2.75, 3.05) is 0 Å². The Balaban J connectivity index is 1.52. The first-order chi connectivity index (χ1) is 13.3. The molecule has 0 fully saturated rings. The Labute approximate surface area is 160 Å². The zero-order valence-corrected chi connectivity index (χ0v) is 15.2. The Morgan fingerprint density at radius 3 is 1.96 bits per heavy atom. The second-order valence-electron chi connectivity index (χ2n) is 7.10. The van der Waals surface area contributed by atoms with Gasteiger partial charge in [-0.05, 0) is 69.8 Å². The number of benzene rings is 2. The number of H-pyrrole nitrogens is 2. The fraction of sp³-hybridized carbons (Fsp3) is 0.0870. The van der Waals surface area contributed by atoms with Crippen LogP contribution in [0.4, 0.5) is 0 Å². The lowest BCUT2D eigenvalue weighted by Crippen LogP contribution is -2.28. The van der Waals surface area contributed by atoms with Crippen molar-refractivity contribution in [3.8, 4) is 22.5 Å². The van der Waals surface area contributed by atoms with E-state index in [1.54, 1.807) is 0 Å². The molecule has 2 N–H and O–H groups in total. The zero-order valence-electron chi connectivity index (χ0n) is 14.4. The van der Waals surface area contributed by atoms with E-state index in [9.17, 15) is 4.79 Å². The molecular weight excluding hydrogens is 352 g/mol. The van der Waals surface area contributed by atoms with Crippen LogP contribution in [0.15, 0.2) is 73.1 Å². The van der Waals surface area contributed by atoms with Gasteiger partial charge in [0.15, 0.2) is 0 Å². The first-order valence-corrected chi connectivity index (χ1v) is 9.93. The predicted molar refractivity (Wildman–Crippen MR) is 109 cm³/mol. The molecule has 2 aromatic heterocycles. The van der Waals surface area contributed by atoms with Crippen molar-refractivity contribution < 1.29 is 4.79 Å². The highest BCUT2D eigenvalue weighted by Gasteiger charge is 2.43. The van der Waals surface area contributed by atoms with E-state index in [0.717, 1.165) is 28.1 Å². The summed E-state index contributed by atoms with van der Waals surface area (Å²) in [5, 5.41) is 0.344. The Morgan fingerprint density at radius 1 is 0.704 bits per heavy atom. The molecule has 4 aromatic rings. The molecule has 2 aromatic carbocycles. The van der Waals surface area contributed by atoms with Crippen LogP contribution in [-0.2, 0) is 4.79 Å². The molecule has 4 heterocycles. The molecule has 3 nitrogen and oxygen atoms in total. The molecule has 0 saturated carbocycles. The lowest BCUT2D eigenvalue weighted by molar-refractivity contribution is -0.111. The van der Waals surface area contributed by atoms with Crippen LogP contribution in [0.25, 0.3) is 22.5 Å². The molecule has 130 valence electrons. The maximum atomic E-state index is 12.8. The molecule has 2 atom stereocenters. The van der Waals surface area contributed by atoms with Gasteiger partial charge in [0.2, 0.25) is 5.12 Å². The summed E-state index contributed by atoms with van der Waals surface area (Å²) in [6, 6.07) is 21.2. The van der Waals surface area contributed by atoms with E-state index in [1.807, 2.05) is 24.5 Å². The van der Waals surface area contributed by atoms with E-state index in [2.05, 4.69) is 58.5 Å². The Bertz CT molecular complexity index is 1180. The molecule has 0 radical (unpaired) electrons. The number of aromatic nitrogens is 2. The average Bonchev–Trinajstić information content (AvgIpc) is 3.41. The number of hydrogen-bond acceptors (Lipinski definition) is 2. The quantitative estimate of drug-likeness (QED) is 0.492. The highest BCUT2D eigenvalue weighted by Crippen LogP contribution is 2.57. The van der Waals surface area contributed by atoms with Gasteiger partial charge in [0.05, 0.1) is 11.2 Å². The molecule has 1 aliphatic carbocycles. The van der Waals surface area contributed by atoms with Crippen LogP contribution >= 0.6 is 11.8 Å². The van der Waals surface area contributed by atoms with Gasteiger partial charge in [-0.2, -0.15) is 0 Å². The molecule has 2 aliphatic heterocycles. The molecule has 3 aliphatic rings. The number of thioether (sulfide) groups is 1. The van der Waals surface area contributed by atoms with Gasteiger partial charge in [-0.15, -0.1) is 0 Å². The zero-order chi connectivity index (χ0) is 18.0. The fourth-order valence-electron chi connectivity index (χ4n) is 4.38. The standard InChI is InChI=1S/C23H16N2OS/c26-23-21-15-7-5-14(20-4-2-10-25-20)12-18(15)22(27-23)16-8-6-13(11-17(16)21)19-3-1-9-24-19/h1-12,21-22,24-25H. The summed E-state index contributed by atoms with van der Waals surface area (Å²) in [7, 11) is 0. The van der Waals surface area contributed by atoms with Crippen LogP contribution in [0.3, 0.4) is 0 Å². The van der Waals surface area contributed by atoms with Crippen LogP contribution < -0.4 is 0 Å². The summed E-state index contributed by atoms with van der Waals surface area (Å²) in [6.45, 7) is 0. The lowest BCUT2D eigenvalue weighted by atomic mass is 9.76. The smallest absolute Gasteiger partial charge is 0.201 e. The number of aromatic amines is 2. The summed E-state index contributed by atoms with van der Waals surface area (Å²) in [5.41, 5.74) is 9.37. The van der Waals surface area contributed by atoms with Gasteiger partial charge in [0.25, 0.3) is 0 Å². The first-order valence-electron chi connectivity index (χ1n) is 9.05. The molecular formula is C23H16N2OS.